The molecule has 0 atom stereocenters. The van der Waals surface area contributed by atoms with E-state index in [4.69, 9.17) is 4.74 Å². The SMILES string of the molecule is CN=C(NCCCc1nnc(SC)n1CC(C)C)NCCc1ccc(C)c(OC)c1. The molecule has 0 aliphatic rings. The maximum atomic E-state index is 5.41. The molecule has 0 amide bonds. The maximum Gasteiger partial charge on any atom is 0.190 e. The summed E-state index contributed by atoms with van der Waals surface area (Å²) in [6.45, 7) is 9.10. The van der Waals surface area contributed by atoms with Crippen LogP contribution in [0.25, 0.3) is 0 Å². The fourth-order valence-electron chi connectivity index (χ4n) is 3.22. The Balaban J connectivity index is 1.75. The molecule has 0 bridgehead atoms. The molecule has 0 saturated heterocycles. The molecule has 2 N–H and O–H groups in total. The van der Waals surface area contributed by atoms with Gasteiger partial charge in [0.1, 0.15) is 11.6 Å². The van der Waals surface area contributed by atoms with E-state index in [1.807, 2.05) is 0 Å². The van der Waals surface area contributed by atoms with Crippen LogP contribution in [0.4, 0.5) is 0 Å². The predicted octanol–water partition coefficient (Wildman–Crippen LogP) is 3.31. The number of aromatic nitrogens is 3. The van der Waals surface area contributed by atoms with Crippen LogP contribution in [-0.2, 0) is 19.4 Å². The molecule has 7 nitrogen and oxygen atoms in total. The first-order valence-electron chi connectivity index (χ1n) is 10.5. The van der Waals surface area contributed by atoms with Crippen molar-refractivity contribution in [2.75, 3.05) is 33.5 Å². The van der Waals surface area contributed by atoms with Gasteiger partial charge in [-0.25, -0.2) is 0 Å². The molecule has 0 unspecified atom stereocenters. The standard InChI is InChI=1S/C22H36N6OS/c1-16(2)15-28-20(26-27-22(28)30-6)8-7-12-24-21(23-4)25-13-11-18-10-9-17(3)19(14-18)29-5/h9-10,14,16H,7-8,11-13,15H2,1-6H3,(H2,23,24,25). The third kappa shape index (κ3) is 7.23. The topological polar surface area (TPSA) is 76.4 Å². The van der Waals surface area contributed by atoms with Gasteiger partial charge in [-0.15, -0.1) is 10.2 Å². The Morgan fingerprint density at radius 3 is 2.63 bits per heavy atom. The predicted molar refractivity (Wildman–Crippen MR) is 126 cm³/mol. The second kappa shape index (κ2) is 12.5. The first-order chi connectivity index (χ1) is 14.5. The first kappa shape index (κ1) is 24.1. The molecule has 166 valence electrons. The lowest BCUT2D eigenvalue weighted by Crippen LogP contribution is -2.38. The fraction of sp³-hybridized carbons (Fsp3) is 0.591. The number of thioether (sulfide) groups is 1. The van der Waals surface area contributed by atoms with Crippen LogP contribution in [0, 0.1) is 12.8 Å². The Morgan fingerprint density at radius 2 is 1.97 bits per heavy atom. The molecule has 0 saturated carbocycles. The van der Waals surface area contributed by atoms with Gasteiger partial charge in [-0.3, -0.25) is 4.99 Å². The van der Waals surface area contributed by atoms with Crippen LogP contribution in [0.1, 0.15) is 37.2 Å². The van der Waals surface area contributed by atoms with Gasteiger partial charge in [-0.1, -0.05) is 37.7 Å². The number of hydrogen-bond donors (Lipinski definition) is 2. The van der Waals surface area contributed by atoms with Crippen LogP contribution < -0.4 is 15.4 Å². The highest BCUT2D eigenvalue weighted by atomic mass is 32.2. The van der Waals surface area contributed by atoms with E-state index in [1.54, 1.807) is 25.9 Å². The lowest BCUT2D eigenvalue weighted by molar-refractivity contribution is 0.411. The summed E-state index contributed by atoms with van der Waals surface area (Å²) < 4.78 is 7.65. The summed E-state index contributed by atoms with van der Waals surface area (Å²) in [5.74, 6) is 3.39. The molecule has 0 spiro atoms. The van der Waals surface area contributed by atoms with Crippen molar-refractivity contribution in [3.63, 3.8) is 0 Å². The highest BCUT2D eigenvalue weighted by Gasteiger charge is 2.12. The van der Waals surface area contributed by atoms with E-state index in [2.05, 4.69) is 75.6 Å². The number of hydrogen-bond acceptors (Lipinski definition) is 5. The highest BCUT2D eigenvalue weighted by Crippen LogP contribution is 2.19. The van der Waals surface area contributed by atoms with Crippen LogP contribution in [0.15, 0.2) is 28.3 Å². The van der Waals surface area contributed by atoms with Crippen molar-refractivity contribution in [3.8, 4) is 5.75 Å². The van der Waals surface area contributed by atoms with E-state index < -0.39 is 0 Å². The molecular weight excluding hydrogens is 396 g/mol. The molecule has 1 aromatic carbocycles. The lowest BCUT2D eigenvalue weighted by Gasteiger charge is -2.13. The third-order valence-electron chi connectivity index (χ3n) is 4.80. The van der Waals surface area contributed by atoms with Crippen molar-refractivity contribution >= 4 is 17.7 Å². The van der Waals surface area contributed by atoms with Crippen LogP contribution in [0.2, 0.25) is 0 Å². The minimum Gasteiger partial charge on any atom is -0.496 e. The van der Waals surface area contributed by atoms with E-state index in [-0.39, 0.29) is 0 Å². The van der Waals surface area contributed by atoms with Gasteiger partial charge in [-0.2, -0.15) is 0 Å². The first-order valence-corrected chi connectivity index (χ1v) is 11.7. The quantitative estimate of drug-likeness (QED) is 0.246. The zero-order valence-corrected chi connectivity index (χ0v) is 20.0. The Bertz CT molecular complexity index is 818. The second-order valence-electron chi connectivity index (χ2n) is 7.69. The molecule has 0 aliphatic heterocycles. The highest BCUT2D eigenvalue weighted by molar-refractivity contribution is 7.98. The minimum absolute atomic E-state index is 0.570. The molecule has 1 aromatic heterocycles. The number of benzene rings is 1. The molecule has 0 radical (unpaired) electrons. The smallest absolute Gasteiger partial charge is 0.190 e. The second-order valence-corrected chi connectivity index (χ2v) is 8.46. The number of guanidine groups is 1. The normalized spacial score (nSPS) is 11.8. The summed E-state index contributed by atoms with van der Waals surface area (Å²) in [5, 5.41) is 16.5. The van der Waals surface area contributed by atoms with E-state index >= 15 is 0 Å². The van der Waals surface area contributed by atoms with Crippen LogP contribution in [-0.4, -0.2) is 54.2 Å². The van der Waals surface area contributed by atoms with Crippen molar-refractivity contribution in [3.05, 3.63) is 35.2 Å². The Morgan fingerprint density at radius 1 is 1.20 bits per heavy atom. The Hall–Kier alpha value is -2.22. The lowest BCUT2D eigenvalue weighted by atomic mass is 10.1. The van der Waals surface area contributed by atoms with Gasteiger partial charge in [0.25, 0.3) is 0 Å². The number of methoxy groups -OCH3 is 1. The van der Waals surface area contributed by atoms with Crippen LogP contribution in [0.3, 0.4) is 0 Å². The fourth-order valence-corrected chi connectivity index (χ4v) is 3.75. The van der Waals surface area contributed by atoms with E-state index in [0.717, 1.165) is 67.2 Å². The summed E-state index contributed by atoms with van der Waals surface area (Å²) in [7, 11) is 3.51. The summed E-state index contributed by atoms with van der Waals surface area (Å²) >= 11 is 1.65. The number of rotatable bonds is 11. The third-order valence-corrected chi connectivity index (χ3v) is 5.46. The van der Waals surface area contributed by atoms with Gasteiger partial charge in [0, 0.05) is 33.1 Å². The van der Waals surface area contributed by atoms with Crippen molar-refractivity contribution in [2.24, 2.45) is 10.9 Å². The van der Waals surface area contributed by atoms with Crippen LogP contribution in [0.5, 0.6) is 5.75 Å². The van der Waals surface area contributed by atoms with E-state index in [0.29, 0.717) is 5.92 Å². The zero-order valence-electron chi connectivity index (χ0n) is 19.2. The summed E-state index contributed by atoms with van der Waals surface area (Å²) in [4.78, 5) is 4.32. The minimum atomic E-state index is 0.570. The summed E-state index contributed by atoms with van der Waals surface area (Å²) in [6.07, 6.45) is 4.83. The summed E-state index contributed by atoms with van der Waals surface area (Å²) in [6, 6.07) is 6.34. The van der Waals surface area contributed by atoms with Crippen molar-refractivity contribution in [2.45, 2.75) is 51.7 Å². The van der Waals surface area contributed by atoms with E-state index in [9.17, 15) is 0 Å². The van der Waals surface area contributed by atoms with Gasteiger partial charge in [0.2, 0.25) is 0 Å². The van der Waals surface area contributed by atoms with Crippen molar-refractivity contribution < 1.29 is 4.74 Å². The summed E-state index contributed by atoms with van der Waals surface area (Å²) in [5.41, 5.74) is 2.40. The largest absolute Gasteiger partial charge is 0.496 e. The average molecular weight is 433 g/mol. The molecule has 0 fully saturated rings. The van der Waals surface area contributed by atoms with E-state index in [1.165, 1.54) is 5.56 Å². The number of nitrogens with one attached hydrogen (secondary N) is 2. The molecule has 0 aliphatic carbocycles. The molecule has 2 aromatic rings. The Labute approximate surface area is 185 Å². The van der Waals surface area contributed by atoms with Gasteiger partial charge >= 0.3 is 0 Å². The molecule has 8 heteroatoms. The van der Waals surface area contributed by atoms with Gasteiger partial charge < -0.3 is 19.9 Å². The van der Waals surface area contributed by atoms with Gasteiger partial charge in [0.15, 0.2) is 11.1 Å². The molecular formula is C22H36N6OS. The van der Waals surface area contributed by atoms with Crippen molar-refractivity contribution in [1.29, 1.82) is 0 Å². The monoisotopic (exact) mass is 432 g/mol. The molecule has 30 heavy (non-hydrogen) atoms. The van der Waals surface area contributed by atoms with Crippen molar-refractivity contribution in [1.82, 2.24) is 25.4 Å². The zero-order chi connectivity index (χ0) is 21.9. The number of nitrogens with zero attached hydrogens (tertiary/aromatic N) is 4. The van der Waals surface area contributed by atoms with Gasteiger partial charge in [0.05, 0.1) is 7.11 Å². The number of ether oxygens (including phenoxy) is 1. The molecule has 1 heterocycles. The average Bonchev–Trinajstić information content (AvgIpc) is 3.11. The molecule has 2 rings (SSSR count). The Kier molecular flexibility index (Phi) is 10.00. The van der Waals surface area contributed by atoms with Crippen LogP contribution >= 0.6 is 11.8 Å². The number of aryl methyl sites for hydroxylation is 2. The number of aliphatic imine (C=N–C) groups is 1. The maximum absolute atomic E-state index is 5.41. The van der Waals surface area contributed by atoms with Gasteiger partial charge in [-0.05, 0) is 49.1 Å².